The number of carbonyl (C=O) groups is 1. The standard InChI is InChI=1S/C17H13ClOS/c1-11-10-20-17(16(11)18)15(19)9-12-6-7-13-4-2-3-5-14(13)8-12/h2-8,10H,9H2,1H3. The molecule has 0 N–H and O–H groups in total. The molecule has 100 valence electrons. The molecule has 1 aromatic heterocycles. The Kier molecular flexibility index (Phi) is 3.60. The molecule has 0 bridgehead atoms. The first kappa shape index (κ1) is 13.3. The van der Waals surface area contributed by atoms with Crippen LogP contribution in [0, 0.1) is 6.92 Å². The number of hydrogen-bond acceptors (Lipinski definition) is 2. The van der Waals surface area contributed by atoms with E-state index in [1.807, 2.05) is 30.5 Å². The zero-order valence-electron chi connectivity index (χ0n) is 11.0. The summed E-state index contributed by atoms with van der Waals surface area (Å²) in [6.45, 7) is 1.92. The molecule has 0 unspecified atom stereocenters. The van der Waals surface area contributed by atoms with Crippen LogP contribution in [0.1, 0.15) is 20.8 Å². The van der Waals surface area contributed by atoms with Gasteiger partial charge in [-0.25, -0.2) is 0 Å². The largest absolute Gasteiger partial charge is 0.293 e. The van der Waals surface area contributed by atoms with Gasteiger partial charge in [0.05, 0.1) is 9.90 Å². The highest BCUT2D eigenvalue weighted by molar-refractivity contribution is 7.13. The van der Waals surface area contributed by atoms with Gasteiger partial charge >= 0.3 is 0 Å². The van der Waals surface area contributed by atoms with Gasteiger partial charge in [0.15, 0.2) is 5.78 Å². The Morgan fingerprint density at radius 3 is 2.60 bits per heavy atom. The highest BCUT2D eigenvalue weighted by Gasteiger charge is 2.15. The number of thiophene rings is 1. The van der Waals surface area contributed by atoms with Gasteiger partial charge in [0, 0.05) is 6.42 Å². The van der Waals surface area contributed by atoms with Gasteiger partial charge in [-0.2, -0.15) is 0 Å². The lowest BCUT2D eigenvalue weighted by atomic mass is 10.0. The minimum absolute atomic E-state index is 0.0865. The van der Waals surface area contributed by atoms with E-state index in [2.05, 4.69) is 24.3 Å². The summed E-state index contributed by atoms with van der Waals surface area (Å²) in [4.78, 5) is 13.0. The molecular weight excluding hydrogens is 288 g/mol. The maximum atomic E-state index is 12.3. The summed E-state index contributed by atoms with van der Waals surface area (Å²) in [5, 5.41) is 4.87. The highest BCUT2D eigenvalue weighted by Crippen LogP contribution is 2.28. The molecule has 0 radical (unpaired) electrons. The number of carbonyl (C=O) groups excluding carboxylic acids is 1. The van der Waals surface area contributed by atoms with E-state index in [9.17, 15) is 4.79 Å². The lowest BCUT2D eigenvalue weighted by Gasteiger charge is -2.03. The fraction of sp³-hybridized carbons (Fsp3) is 0.118. The Morgan fingerprint density at radius 2 is 1.90 bits per heavy atom. The average Bonchev–Trinajstić information content (AvgIpc) is 2.79. The number of benzene rings is 2. The zero-order chi connectivity index (χ0) is 14.1. The molecule has 3 rings (SSSR count). The molecule has 3 heteroatoms. The summed E-state index contributed by atoms with van der Waals surface area (Å²) in [5.74, 6) is 0.0865. The Bertz CT molecular complexity index is 789. The second-order valence-corrected chi connectivity index (χ2v) is 6.10. The molecule has 0 spiro atoms. The van der Waals surface area contributed by atoms with Crippen molar-refractivity contribution in [1.82, 2.24) is 0 Å². The van der Waals surface area contributed by atoms with Crippen molar-refractivity contribution in [3.8, 4) is 0 Å². The van der Waals surface area contributed by atoms with Gasteiger partial charge in [-0.15, -0.1) is 11.3 Å². The molecule has 2 aromatic carbocycles. The zero-order valence-corrected chi connectivity index (χ0v) is 12.6. The molecule has 0 aliphatic carbocycles. The van der Waals surface area contributed by atoms with Crippen molar-refractivity contribution >= 4 is 39.5 Å². The third kappa shape index (κ3) is 2.49. The van der Waals surface area contributed by atoms with Gasteiger partial charge < -0.3 is 0 Å². The van der Waals surface area contributed by atoms with E-state index < -0.39 is 0 Å². The minimum atomic E-state index is 0.0865. The topological polar surface area (TPSA) is 17.1 Å². The smallest absolute Gasteiger partial charge is 0.178 e. The van der Waals surface area contributed by atoms with Crippen molar-refractivity contribution in [2.45, 2.75) is 13.3 Å². The van der Waals surface area contributed by atoms with Crippen molar-refractivity contribution in [1.29, 1.82) is 0 Å². The Hall–Kier alpha value is -1.64. The van der Waals surface area contributed by atoms with E-state index in [0.717, 1.165) is 16.5 Å². The molecule has 0 saturated carbocycles. The lowest BCUT2D eigenvalue weighted by Crippen LogP contribution is -2.01. The summed E-state index contributed by atoms with van der Waals surface area (Å²) in [7, 11) is 0. The predicted molar refractivity (Wildman–Crippen MR) is 86.0 cm³/mol. The van der Waals surface area contributed by atoms with E-state index >= 15 is 0 Å². The van der Waals surface area contributed by atoms with Crippen LogP contribution in [0.15, 0.2) is 47.8 Å². The van der Waals surface area contributed by atoms with Crippen molar-refractivity contribution in [2.24, 2.45) is 0 Å². The predicted octanol–water partition coefficient (Wildman–Crippen LogP) is 5.29. The number of fused-ring (bicyclic) bond motifs is 1. The van der Waals surface area contributed by atoms with Crippen LogP contribution >= 0.6 is 22.9 Å². The van der Waals surface area contributed by atoms with Crippen molar-refractivity contribution < 1.29 is 4.79 Å². The number of aryl methyl sites for hydroxylation is 1. The maximum Gasteiger partial charge on any atom is 0.178 e. The molecule has 0 saturated heterocycles. The van der Waals surface area contributed by atoms with Gasteiger partial charge in [0.1, 0.15) is 0 Å². The van der Waals surface area contributed by atoms with Crippen LogP contribution in [0.25, 0.3) is 10.8 Å². The Labute approximate surface area is 126 Å². The quantitative estimate of drug-likeness (QED) is 0.601. The fourth-order valence-electron chi connectivity index (χ4n) is 2.23. The van der Waals surface area contributed by atoms with Crippen LogP contribution < -0.4 is 0 Å². The molecule has 0 fully saturated rings. The summed E-state index contributed by atoms with van der Waals surface area (Å²) in [6, 6.07) is 14.3. The summed E-state index contributed by atoms with van der Waals surface area (Å²) < 4.78 is 0. The Balaban J connectivity index is 1.89. The van der Waals surface area contributed by atoms with E-state index in [0.29, 0.717) is 16.3 Å². The first-order valence-corrected chi connectivity index (χ1v) is 7.65. The van der Waals surface area contributed by atoms with Crippen LogP contribution in [-0.4, -0.2) is 5.78 Å². The van der Waals surface area contributed by atoms with E-state index in [1.54, 1.807) is 0 Å². The van der Waals surface area contributed by atoms with Crippen LogP contribution in [0.5, 0.6) is 0 Å². The molecule has 0 amide bonds. The van der Waals surface area contributed by atoms with E-state index in [-0.39, 0.29) is 5.78 Å². The molecule has 20 heavy (non-hydrogen) atoms. The third-order valence-corrected chi connectivity index (χ3v) is 5.07. The molecular formula is C17H13ClOS. The average molecular weight is 301 g/mol. The number of rotatable bonds is 3. The van der Waals surface area contributed by atoms with Crippen molar-refractivity contribution in [3.63, 3.8) is 0 Å². The second kappa shape index (κ2) is 5.39. The fourth-order valence-corrected chi connectivity index (χ4v) is 3.47. The molecule has 0 aliphatic heterocycles. The van der Waals surface area contributed by atoms with Gasteiger partial charge in [-0.1, -0.05) is 54.1 Å². The first-order valence-electron chi connectivity index (χ1n) is 6.39. The molecule has 1 heterocycles. The van der Waals surface area contributed by atoms with Crippen molar-refractivity contribution in [2.75, 3.05) is 0 Å². The minimum Gasteiger partial charge on any atom is -0.293 e. The molecule has 0 aliphatic rings. The van der Waals surface area contributed by atoms with Crippen LogP contribution in [0.2, 0.25) is 5.02 Å². The van der Waals surface area contributed by atoms with Gasteiger partial charge in [0.25, 0.3) is 0 Å². The number of ketones is 1. The first-order chi connectivity index (χ1) is 9.65. The summed E-state index contributed by atoms with van der Waals surface area (Å²) >= 11 is 7.58. The third-order valence-electron chi connectivity index (χ3n) is 3.33. The van der Waals surface area contributed by atoms with Crippen LogP contribution in [0.4, 0.5) is 0 Å². The summed E-state index contributed by atoms with van der Waals surface area (Å²) in [6.07, 6.45) is 0.393. The second-order valence-electron chi connectivity index (χ2n) is 4.84. The van der Waals surface area contributed by atoms with Crippen LogP contribution in [-0.2, 0) is 6.42 Å². The normalized spacial score (nSPS) is 10.9. The van der Waals surface area contributed by atoms with E-state index in [1.165, 1.54) is 16.7 Å². The van der Waals surface area contributed by atoms with Gasteiger partial charge in [-0.05, 0) is 34.2 Å². The lowest BCUT2D eigenvalue weighted by molar-refractivity contribution is 0.0997. The van der Waals surface area contributed by atoms with Gasteiger partial charge in [-0.3, -0.25) is 4.79 Å². The van der Waals surface area contributed by atoms with Gasteiger partial charge in [0.2, 0.25) is 0 Å². The molecule has 0 atom stereocenters. The number of hydrogen-bond donors (Lipinski definition) is 0. The number of halogens is 1. The monoisotopic (exact) mass is 300 g/mol. The maximum absolute atomic E-state index is 12.3. The number of Topliss-reactive ketones (excluding diaryl/α,β-unsaturated/α-hetero) is 1. The summed E-state index contributed by atoms with van der Waals surface area (Å²) in [5.41, 5.74) is 1.99. The molecule has 1 nitrogen and oxygen atoms in total. The SMILES string of the molecule is Cc1csc(C(=O)Cc2ccc3ccccc3c2)c1Cl. The van der Waals surface area contributed by atoms with Crippen molar-refractivity contribution in [3.05, 3.63) is 68.9 Å². The van der Waals surface area contributed by atoms with E-state index in [4.69, 9.17) is 11.6 Å². The highest BCUT2D eigenvalue weighted by atomic mass is 35.5. The molecule has 3 aromatic rings. The Morgan fingerprint density at radius 1 is 1.15 bits per heavy atom. The van der Waals surface area contributed by atoms with Crippen LogP contribution in [0.3, 0.4) is 0 Å².